The molecule has 2 aliphatic carbocycles. The van der Waals surface area contributed by atoms with Crippen LogP contribution in [0.2, 0.25) is 0 Å². The van der Waals surface area contributed by atoms with E-state index in [1.54, 1.807) is 45.0 Å². The number of methoxy groups -OCH3 is 1. The standard InChI is InChI=1S/C56H62N8O18S2/c1-26(2)80-54(75)37(63-51(71)29-9-11-31(12-10-29)57-22-32-23-58-50-46(61-32)52(72)60-28(4)59-50)13-14-43(67)62-39(53(73)74)25-84-83-16-15-79-55(76)64-38-19-44(81-27(3)47(38)68)82-41-21-56(77,42(66)24-65)20-30-17-35-36(18-34(30)41)49(70)45-33(48(35)69)7-6-8-40(45)78-5/h6-12,17-18,23,26-27,37-39,41,44,47,57,65,68,77H,13-16,19-22,24-25H2,1-5H3,(H,62,67)(H,63,71)(H,64,76)(H,73,74)(H,58,59,60,72)/t27-,37+,38+,39+,41-,44-,47+,56-/m0/s1. The molecule has 0 saturated carbocycles. The Morgan fingerprint density at radius 2 is 1.70 bits per heavy atom. The number of fused-ring (bicyclic) bond motifs is 4. The summed E-state index contributed by atoms with van der Waals surface area (Å²) in [6.07, 6.45) is -5.90. The summed E-state index contributed by atoms with van der Waals surface area (Å²) in [5.74, 6) is -4.69. The molecule has 0 radical (unpaired) electrons. The van der Waals surface area contributed by atoms with Crippen LogP contribution in [0, 0.1) is 6.92 Å². The number of carboxylic acids is 1. The van der Waals surface area contributed by atoms with Crippen molar-refractivity contribution in [1.29, 1.82) is 0 Å². The van der Waals surface area contributed by atoms with Crippen molar-refractivity contribution < 1.29 is 82.5 Å². The van der Waals surface area contributed by atoms with E-state index in [-0.39, 0.29) is 101 Å². The van der Waals surface area contributed by atoms with Crippen LogP contribution in [0.1, 0.15) is 117 Å². The highest BCUT2D eigenvalue weighted by molar-refractivity contribution is 8.76. The molecule has 9 N–H and O–H groups in total. The lowest BCUT2D eigenvalue weighted by Crippen LogP contribution is -2.56. The second kappa shape index (κ2) is 27.2. The van der Waals surface area contributed by atoms with Crippen LogP contribution >= 0.6 is 21.6 Å². The van der Waals surface area contributed by atoms with Crippen LogP contribution in [-0.2, 0) is 51.1 Å². The zero-order valence-corrected chi connectivity index (χ0v) is 47.8. The van der Waals surface area contributed by atoms with Gasteiger partial charge in [0.1, 0.15) is 48.6 Å². The second-order valence-electron chi connectivity index (χ2n) is 20.4. The number of aryl methyl sites for hydroxylation is 1. The second-order valence-corrected chi connectivity index (χ2v) is 23.0. The number of hydrogen-bond acceptors (Lipinski definition) is 23. The molecule has 3 amide bonds. The highest BCUT2D eigenvalue weighted by Crippen LogP contribution is 2.44. The third kappa shape index (κ3) is 14.7. The minimum atomic E-state index is -2.14. The Balaban J connectivity index is 0.788. The third-order valence-corrected chi connectivity index (χ3v) is 16.4. The normalized spacial score (nSPS) is 20.6. The number of benzene rings is 3. The number of anilines is 1. The Labute approximate surface area is 487 Å². The molecule has 3 heterocycles. The molecular weight excluding hydrogens is 1140 g/mol. The first-order valence-corrected chi connectivity index (χ1v) is 29.1. The molecule has 1 fully saturated rings. The maximum Gasteiger partial charge on any atom is 0.407 e. The molecule has 8 atom stereocenters. The summed E-state index contributed by atoms with van der Waals surface area (Å²) < 4.78 is 28.4. The fourth-order valence-corrected chi connectivity index (χ4v) is 11.8. The number of alkyl carbamates (subject to hydrolysis) is 1. The van der Waals surface area contributed by atoms with E-state index >= 15 is 0 Å². The molecular formula is C56H62N8O18S2. The average molecular weight is 1200 g/mol. The van der Waals surface area contributed by atoms with Crippen molar-refractivity contribution in [3.05, 3.63) is 122 Å². The molecule has 26 nitrogen and oxygen atoms in total. The van der Waals surface area contributed by atoms with Crippen molar-refractivity contribution in [3.63, 3.8) is 0 Å². The number of aliphatic carboxylic acids is 1. The van der Waals surface area contributed by atoms with Crippen LogP contribution in [-0.4, -0.2) is 168 Å². The van der Waals surface area contributed by atoms with Crippen molar-refractivity contribution in [1.82, 2.24) is 35.9 Å². The number of ether oxygens (including phenoxy) is 5. The Kier molecular flexibility index (Phi) is 20.2. The Bertz CT molecular complexity index is 3420. The number of nitrogens with zero attached hydrogens (tertiary/aromatic N) is 3. The number of aromatic amines is 1. The van der Waals surface area contributed by atoms with Crippen LogP contribution in [0.25, 0.3) is 11.2 Å². The van der Waals surface area contributed by atoms with Crippen molar-refractivity contribution in [2.75, 3.05) is 37.1 Å². The topological polar surface area (TPSA) is 383 Å². The number of carbonyl (C=O) groups is 8. The van der Waals surface area contributed by atoms with Gasteiger partial charge in [0.25, 0.3) is 11.5 Å². The van der Waals surface area contributed by atoms with E-state index < -0.39 is 114 Å². The summed E-state index contributed by atoms with van der Waals surface area (Å²) in [6, 6.07) is 10.2. The molecule has 8 rings (SSSR count). The quantitative estimate of drug-likeness (QED) is 0.0239. The number of ketones is 3. The van der Waals surface area contributed by atoms with E-state index in [4.69, 9.17) is 23.7 Å². The van der Waals surface area contributed by atoms with Crippen LogP contribution in [0.3, 0.4) is 0 Å². The van der Waals surface area contributed by atoms with Gasteiger partial charge in [0.2, 0.25) is 5.91 Å². The van der Waals surface area contributed by atoms with E-state index in [0.29, 0.717) is 28.3 Å². The Morgan fingerprint density at radius 1 is 0.952 bits per heavy atom. The van der Waals surface area contributed by atoms with Gasteiger partial charge in [-0.1, -0.05) is 33.7 Å². The minimum Gasteiger partial charge on any atom is -0.496 e. The fraction of sp³-hybridized carbons (Fsp3) is 0.429. The smallest absolute Gasteiger partial charge is 0.407 e. The van der Waals surface area contributed by atoms with Crippen LogP contribution in [0.4, 0.5) is 10.5 Å². The number of aliphatic hydroxyl groups is 3. The van der Waals surface area contributed by atoms with Crippen molar-refractivity contribution in [2.45, 2.75) is 121 Å². The average Bonchev–Trinajstić information content (AvgIpc) is 3.58. The van der Waals surface area contributed by atoms with Gasteiger partial charge >= 0.3 is 18.0 Å². The van der Waals surface area contributed by atoms with E-state index in [1.165, 1.54) is 50.6 Å². The van der Waals surface area contributed by atoms with Crippen molar-refractivity contribution in [2.24, 2.45) is 0 Å². The van der Waals surface area contributed by atoms with Gasteiger partial charge in [-0.3, -0.25) is 28.8 Å². The number of amides is 3. The Hall–Kier alpha value is -7.86. The maximum absolute atomic E-state index is 13.9. The first-order chi connectivity index (χ1) is 40.1. The highest BCUT2D eigenvalue weighted by atomic mass is 33.1. The van der Waals surface area contributed by atoms with Gasteiger partial charge in [0, 0.05) is 65.1 Å². The molecule has 0 unspecified atom stereocenters. The summed E-state index contributed by atoms with van der Waals surface area (Å²) in [5.41, 5.74) is -0.00925. The molecule has 446 valence electrons. The van der Waals surface area contributed by atoms with Crippen molar-refractivity contribution in [3.8, 4) is 5.75 Å². The van der Waals surface area contributed by atoms with Gasteiger partial charge in [0.15, 0.2) is 34.8 Å². The lowest BCUT2D eigenvalue weighted by molar-refractivity contribution is -0.249. The lowest BCUT2D eigenvalue weighted by atomic mass is 9.73. The first-order valence-electron chi connectivity index (χ1n) is 26.6. The number of rotatable bonds is 24. The number of aliphatic hydroxyl groups excluding tert-OH is 2. The third-order valence-electron chi connectivity index (χ3n) is 14.0. The zero-order chi connectivity index (χ0) is 60.6. The molecule has 0 spiro atoms. The summed E-state index contributed by atoms with van der Waals surface area (Å²) >= 11 is 0. The number of Topliss-reactive ketones (excluding diaryl/α,β-unsaturated/α-hetero) is 1. The van der Waals surface area contributed by atoms with Gasteiger partial charge in [-0.15, -0.1) is 0 Å². The molecule has 3 aliphatic rings. The molecule has 28 heteroatoms. The summed E-state index contributed by atoms with van der Waals surface area (Å²) in [6.45, 7) is 5.44. The van der Waals surface area contributed by atoms with Gasteiger partial charge in [-0.25, -0.2) is 29.3 Å². The zero-order valence-electron chi connectivity index (χ0n) is 46.1. The number of aromatic nitrogens is 4. The Morgan fingerprint density at radius 3 is 2.42 bits per heavy atom. The molecule has 1 aliphatic heterocycles. The number of hydrogen-bond donors (Lipinski definition) is 9. The van der Waals surface area contributed by atoms with E-state index in [1.807, 2.05) is 0 Å². The van der Waals surface area contributed by atoms with Crippen LogP contribution in [0.15, 0.2) is 65.6 Å². The van der Waals surface area contributed by atoms with Gasteiger partial charge < -0.3 is 70.4 Å². The van der Waals surface area contributed by atoms with Crippen molar-refractivity contribution >= 4 is 85.6 Å². The van der Waals surface area contributed by atoms with Gasteiger partial charge in [-0.05, 0) is 87.7 Å². The van der Waals surface area contributed by atoms with E-state index in [9.17, 15) is 63.6 Å². The minimum absolute atomic E-state index is 0.0473. The highest BCUT2D eigenvalue weighted by Gasteiger charge is 2.47. The largest absolute Gasteiger partial charge is 0.496 e. The predicted octanol–water partition coefficient (Wildman–Crippen LogP) is 2.79. The van der Waals surface area contributed by atoms with Gasteiger partial charge in [-0.2, -0.15) is 0 Å². The maximum atomic E-state index is 13.9. The molecule has 3 aromatic carbocycles. The predicted molar refractivity (Wildman–Crippen MR) is 301 cm³/mol. The molecule has 1 saturated heterocycles. The first kappa shape index (κ1) is 62.2. The number of carboxylic acid groups (broad SMARTS) is 1. The number of nitrogens with one attached hydrogen (secondary N) is 5. The summed E-state index contributed by atoms with van der Waals surface area (Å²) in [4.78, 5) is 133. The summed E-state index contributed by atoms with van der Waals surface area (Å²) in [5, 5.41) is 53.2. The summed E-state index contributed by atoms with van der Waals surface area (Å²) in [7, 11) is 3.59. The number of esters is 1. The van der Waals surface area contributed by atoms with E-state index in [2.05, 4.69) is 41.2 Å². The monoisotopic (exact) mass is 1200 g/mol. The number of carbonyl (C=O) groups excluding carboxylic acids is 7. The van der Waals surface area contributed by atoms with Crippen LogP contribution in [0.5, 0.6) is 5.75 Å². The van der Waals surface area contributed by atoms with Gasteiger partial charge in [0.05, 0.1) is 55.5 Å². The fourth-order valence-electron chi connectivity index (χ4n) is 9.78. The molecule has 84 heavy (non-hydrogen) atoms. The molecule has 5 aromatic rings. The SMILES string of the molecule is COc1cccc2c1C(=O)c1cc3c(cc1C2=O)C[C@@](O)(C(=O)CO)C[C@@H]3O[C@H]1C[C@@H](NC(=O)OCCSSC[C@@H](NC(=O)CC[C@@H](NC(=O)c2ccc(NCc3cnc4nc(C)[nH]c(=O)c4n3)cc2)C(=O)OC(C)C)C(=O)O)[C@H](O)[C@H](C)O1. The van der Waals surface area contributed by atoms with E-state index in [0.717, 1.165) is 21.6 Å². The molecule has 0 bridgehead atoms. The lowest BCUT2D eigenvalue weighted by Gasteiger charge is -2.42. The van der Waals surface area contributed by atoms with Crippen LogP contribution < -0.4 is 31.6 Å². The number of H-pyrrole nitrogens is 1. The molecule has 2 aromatic heterocycles.